The molecule has 0 bridgehead atoms. The molecule has 1 amide bonds. The second-order valence-corrected chi connectivity index (χ2v) is 9.96. The van der Waals surface area contributed by atoms with E-state index in [0.29, 0.717) is 0 Å². The molecule has 2 aromatic rings. The molecule has 6 nitrogen and oxygen atoms in total. The summed E-state index contributed by atoms with van der Waals surface area (Å²) in [4.78, 5) is 16.0. The van der Waals surface area contributed by atoms with Crippen molar-refractivity contribution < 1.29 is 36.9 Å². The number of pyridine rings is 1. The summed E-state index contributed by atoms with van der Waals surface area (Å²) in [7, 11) is 1.32. The van der Waals surface area contributed by atoms with Crippen LogP contribution in [0.1, 0.15) is 58.6 Å². The molecule has 1 unspecified atom stereocenters. The second-order valence-electron chi connectivity index (χ2n) is 9.96. The molecular formula is C26H30F4N2O4. The zero-order valence-electron chi connectivity index (χ0n) is 21.0. The van der Waals surface area contributed by atoms with Gasteiger partial charge in [0, 0.05) is 24.4 Å². The van der Waals surface area contributed by atoms with E-state index in [4.69, 9.17) is 9.47 Å². The minimum atomic E-state index is -5.04. The Bertz CT molecular complexity index is 1150. The molecule has 1 aromatic heterocycles. The Morgan fingerprint density at radius 3 is 2.39 bits per heavy atom. The molecule has 0 spiro atoms. The summed E-state index contributed by atoms with van der Waals surface area (Å²) >= 11 is 0. The molecule has 2 rings (SSSR count). The van der Waals surface area contributed by atoms with E-state index in [1.807, 2.05) is 0 Å². The molecule has 2 N–H and O–H groups in total. The van der Waals surface area contributed by atoms with Crippen LogP contribution in [-0.2, 0) is 10.2 Å². The molecule has 1 atom stereocenters. The number of hydrogen-bond acceptors (Lipinski definition) is 5. The number of halogens is 4. The van der Waals surface area contributed by atoms with Crippen LogP contribution in [0.25, 0.3) is 0 Å². The number of rotatable bonds is 6. The van der Waals surface area contributed by atoms with E-state index in [-0.39, 0.29) is 22.6 Å². The lowest BCUT2D eigenvalue weighted by Crippen LogP contribution is -2.49. The fourth-order valence-electron chi connectivity index (χ4n) is 3.60. The highest BCUT2D eigenvalue weighted by Gasteiger charge is 2.55. The van der Waals surface area contributed by atoms with Crippen molar-refractivity contribution in [2.75, 3.05) is 12.4 Å². The molecule has 1 aromatic carbocycles. The van der Waals surface area contributed by atoms with E-state index in [2.05, 4.69) is 22.1 Å². The van der Waals surface area contributed by atoms with Gasteiger partial charge in [-0.3, -0.25) is 10.3 Å². The van der Waals surface area contributed by atoms with Gasteiger partial charge in [-0.2, -0.15) is 13.2 Å². The van der Waals surface area contributed by atoms with Gasteiger partial charge < -0.3 is 14.6 Å². The minimum Gasteiger partial charge on any atom is -0.496 e. The molecule has 0 saturated carbocycles. The normalized spacial score (nSPS) is 13.8. The zero-order chi connectivity index (χ0) is 27.4. The number of carbonyl (C=O) groups excluding carboxylic acids is 1. The van der Waals surface area contributed by atoms with Crippen LogP contribution in [0.4, 0.5) is 28.0 Å². The van der Waals surface area contributed by atoms with Crippen LogP contribution in [0.15, 0.2) is 36.7 Å². The molecule has 10 heteroatoms. The van der Waals surface area contributed by atoms with Crippen molar-refractivity contribution >= 4 is 11.8 Å². The summed E-state index contributed by atoms with van der Waals surface area (Å²) in [6.45, 7) is 7.95. The van der Waals surface area contributed by atoms with Crippen molar-refractivity contribution in [2.24, 2.45) is 0 Å². The van der Waals surface area contributed by atoms with Crippen molar-refractivity contribution in [1.82, 2.24) is 4.98 Å². The summed E-state index contributed by atoms with van der Waals surface area (Å²) in [5.41, 5.74) is -4.81. The van der Waals surface area contributed by atoms with Crippen LogP contribution in [0, 0.1) is 17.7 Å². The smallest absolute Gasteiger partial charge is 0.418 e. The third-order valence-corrected chi connectivity index (χ3v) is 5.21. The number of ether oxygens (including phenoxy) is 2. The molecule has 1 heterocycles. The van der Waals surface area contributed by atoms with E-state index in [0.717, 1.165) is 12.1 Å². The first-order valence-corrected chi connectivity index (χ1v) is 11.0. The molecule has 0 fully saturated rings. The number of anilines is 1. The maximum atomic E-state index is 14.0. The Kier molecular flexibility index (Phi) is 8.63. The van der Waals surface area contributed by atoms with Crippen molar-refractivity contribution in [1.29, 1.82) is 0 Å². The molecule has 0 aliphatic rings. The Morgan fingerprint density at radius 1 is 1.14 bits per heavy atom. The zero-order valence-corrected chi connectivity index (χ0v) is 21.0. The fraction of sp³-hybridized carbons (Fsp3) is 0.462. The van der Waals surface area contributed by atoms with E-state index < -0.39 is 47.5 Å². The van der Waals surface area contributed by atoms with Crippen LogP contribution >= 0.6 is 0 Å². The van der Waals surface area contributed by atoms with Crippen molar-refractivity contribution in [3.8, 4) is 17.6 Å². The van der Waals surface area contributed by atoms with Crippen molar-refractivity contribution in [2.45, 2.75) is 70.3 Å². The summed E-state index contributed by atoms with van der Waals surface area (Å²) in [5.74, 6) is 4.46. The van der Waals surface area contributed by atoms with E-state index in [1.54, 1.807) is 20.8 Å². The SMILES string of the molecule is COc1ccc(F)cc1C(C)(C)CC(O)(CC#Cc1cnccc1NC(=O)OC(C)(C)C)C(F)(F)F. The van der Waals surface area contributed by atoms with E-state index in [9.17, 15) is 27.5 Å². The minimum absolute atomic E-state index is 0.138. The highest BCUT2D eigenvalue weighted by Crippen LogP contribution is 2.45. The van der Waals surface area contributed by atoms with Crippen molar-refractivity contribution in [3.05, 3.63) is 53.6 Å². The third-order valence-electron chi connectivity index (χ3n) is 5.21. The largest absolute Gasteiger partial charge is 0.496 e. The van der Waals surface area contributed by atoms with Crippen LogP contribution in [0.3, 0.4) is 0 Å². The summed E-state index contributed by atoms with van der Waals surface area (Å²) in [6.07, 6.45) is -4.94. The van der Waals surface area contributed by atoms with Gasteiger partial charge in [-0.25, -0.2) is 9.18 Å². The predicted octanol–water partition coefficient (Wildman–Crippen LogP) is 5.98. The summed E-state index contributed by atoms with van der Waals surface area (Å²) < 4.78 is 66.4. The lowest BCUT2D eigenvalue weighted by molar-refractivity contribution is -0.264. The summed E-state index contributed by atoms with van der Waals surface area (Å²) in [5, 5.41) is 13.2. The number of alkyl halides is 3. The number of nitrogens with one attached hydrogen (secondary N) is 1. The van der Waals surface area contributed by atoms with Gasteiger partial charge in [0.05, 0.1) is 18.4 Å². The van der Waals surface area contributed by atoms with Gasteiger partial charge in [0.1, 0.15) is 17.2 Å². The third kappa shape index (κ3) is 7.59. The number of hydrogen-bond donors (Lipinski definition) is 2. The maximum absolute atomic E-state index is 14.0. The number of carbonyl (C=O) groups is 1. The number of methoxy groups -OCH3 is 1. The van der Waals surface area contributed by atoms with Gasteiger partial charge in [-0.15, -0.1) is 0 Å². The van der Waals surface area contributed by atoms with Crippen molar-refractivity contribution in [3.63, 3.8) is 0 Å². The monoisotopic (exact) mass is 510 g/mol. The molecule has 36 heavy (non-hydrogen) atoms. The molecule has 196 valence electrons. The average molecular weight is 511 g/mol. The number of aliphatic hydroxyl groups is 1. The molecule has 0 radical (unpaired) electrons. The molecule has 0 saturated heterocycles. The number of benzene rings is 1. The van der Waals surface area contributed by atoms with E-state index >= 15 is 0 Å². The lowest BCUT2D eigenvalue weighted by atomic mass is 9.73. The Morgan fingerprint density at radius 2 is 1.81 bits per heavy atom. The van der Waals surface area contributed by atoms with Crippen LogP contribution in [0.2, 0.25) is 0 Å². The fourth-order valence-corrected chi connectivity index (χ4v) is 3.60. The van der Waals surface area contributed by atoms with Gasteiger partial charge in [0.15, 0.2) is 5.60 Å². The second kappa shape index (κ2) is 10.7. The molecule has 0 aliphatic heterocycles. The molecular weight excluding hydrogens is 480 g/mol. The Labute approximate surface area is 208 Å². The topological polar surface area (TPSA) is 80.7 Å². The van der Waals surface area contributed by atoms with Crippen LogP contribution in [-0.4, -0.2) is 40.7 Å². The summed E-state index contributed by atoms with van der Waals surface area (Å²) in [6, 6.07) is 4.96. The Balaban J connectivity index is 2.34. The first-order valence-electron chi connectivity index (χ1n) is 11.0. The van der Waals surface area contributed by atoms with Gasteiger partial charge in [0.2, 0.25) is 0 Å². The van der Waals surface area contributed by atoms with Gasteiger partial charge in [-0.1, -0.05) is 25.7 Å². The quantitative estimate of drug-likeness (QED) is 0.369. The van der Waals surface area contributed by atoms with Crippen LogP contribution in [0.5, 0.6) is 5.75 Å². The van der Waals surface area contributed by atoms with Gasteiger partial charge in [-0.05, 0) is 56.9 Å². The first-order chi connectivity index (χ1) is 16.5. The van der Waals surface area contributed by atoms with E-state index in [1.165, 1.54) is 45.5 Å². The maximum Gasteiger partial charge on any atom is 0.418 e. The number of nitrogens with zero attached hydrogens (tertiary/aromatic N) is 1. The van der Waals surface area contributed by atoms with Gasteiger partial charge in [0.25, 0.3) is 0 Å². The average Bonchev–Trinajstić information content (AvgIpc) is 2.72. The predicted molar refractivity (Wildman–Crippen MR) is 127 cm³/mol. The lowest BCUT2D eigenvalue weighted by Gasteiger charge is -2.37. The Hall–Kier alpha value is -3.32. The highest BCUT2D eigenvalue weighted by atomic mass is 19.4. The number of aromatic nitrogens is 1. The van der Waals surface area contributed by atoms with Gasteiger partial charge >= 0.3 is 12.3 Å². The number of amides is 1. The first kappa shape index (κ1) is 28.9. The molecule has 0 aliphatic carbocycles. The van der Waals surface area contributed by atoms with Crippen LogP contribution < -0.4 is 10.1 Å². The standard InChI is InChI=1S/C26H30F4N2O4/c1-23(2,3)36-22(33)32-20-11-13-31-15-17(20)8-7-12-25(34,26(28,29)30)16-24(4,5)19-14-18(27)9-10-21(19)35-6/h9-11,13-15,34H,12,16H2,1-6H3,(H,31,32,33). The highest BCUT2D eigenvalue weighted by molar-refractivity contribution is 5.86.